The highest BCUT2D eigenvalue weighted by molar-refractivity contribution is 7.91. The second-order valence-electron chi connectivity index (χ2n) is 6.53. The Kier molecular flexibility index (Phi) is 4.94. The summed E-state index contributed by atoms with van der Waals surface area (Å²) in [6, 6.07) is 8.24. The second-order valence-corrected chi connectivity index (χ2v) is 8.68. The van der Waals surface area contributed by atoms with E-state index in [0.29, 0.717) is 5.75 Å². The van der Waals surface area contributed by atoms with Gasteiger partial charge in [-0.2, -0.15) is 0 Å². The molecule has 2 saturated heterocycles. The van der Waals surface area contributed by atoms with E-state index >= 15 is 0 Å². The summed E-state index contributed by atoms with van der Waals surface area (Å²) in [4.78, 5) is 4.70. The molecule has 128 valence electrons. The van der Waals surface area contributed by atoms with Gasteiger partial charge in [-0.25, -0.2) is 8.42 Å². The first-order valence-corrected chi connectivity index (χ1v) is 10.2. The standard InChI is InChI=1S/C17H26N2O3S/c1-3-8-18-9-10-19(16-13-23(20,21)12-15(16)18)11-14-6-4-5-7-17(14)22-2/h4-7,15-16H,3,8-13H2,1-2H3/t15-,16+/m1/s1. The van der Waals surface area contributed by atoms with Crippen molar-refractivity contribution in [3.63, 3.8) is 0 Å². The molecule has 0 saturated carbocycles. The number of ether oxygens (including phenoxy) is 1. The van der Waals surface area contributed by atoms with E-state index in [1.165, 1.54) is 0 Å². The molecule has 2 fully saturated rings. The topological polar surface area (TPSA) is 49.9 Å². The number of benzene rings is 1. The number of methoxy groups -OCH3 is 1. The molecule has 2 heterocycles. The first-order valence-electron chi connectivity index (χ1n) is 8.34. The van der Waals surface area contributed by atoms with Gasteiger partial charge in [0.2, 0.25) is 0 Å². The lowest BCUT2D eigenvalue weighted by atomic mass is 10.0. The number of para-hydroxylation sites is 1. The van der Waals surface area contributed by atoms with Crippen molar-refractivity contribution in [1.29, 1.82) is 0 Å². The van der Waals surface area contributed by atoms with Gasteiger partial charge in [0.1, 0.15) is 5.75 Å². The van der Waals surface area contributed by atoms with Crippen molar-refractivity contribution >= 4 is 9.84 Å². The van der Waals surface area contributed by atoms with Crippen LogP contribution in [0.4, 0.5) is 0 Å². The molecule has 0 bridgehead atoms. The fraction of sp³-hybridized carbons (Fsp3) is 0.647. The number of sulfone groups is 1. The van der Waals surface area contributed by atoms with E-state index < -0.39 is 9.84 Å². The third-order valence-electron chi connectivity index (χ3n) is 4.98. The lowest BCUT2D eigenvalue weighted by molar-refractivity contribution is 0.0401. The van der Waals surface area contributed by atoms with E-state index in [9.17, 15) is 8.42 Å². The van der Waals surface area contributed by atoms with Gasteiger partial charge in [0.25, 0.3) is 0 Å². The Morgan fingerprint density at radius 1 is 1.13 bits per heavy atom. The third-order valence-corrected chi connectivity index (χ3v) is 6.68. The molecule has 0 radical (unpaired) electrons. The summed E-state index contributed by atoms with van der Waals surface area (Å²) in [5.41, 5.74) is 1.13. The quantitative estimate of drug-likeness (QED) is 0.812. The van der Waals surface area contributed by atoms with E-state index in [1.807, 2.05) is 18.2 Å². The number of piperazine rings is 1. The molecule has 1 aromatic rings. The van der Waals surface area contributed by atoms with Crippen molar-refractivity contribution in [2.75, 3.05) is 38.2 Å². The summed E-state index contributed by atoms with van der Waals surface area (Å²) >= 11 is 0. The Morgan fingerprint density at radius 2 is 1.78 bits per heavy atom. The molecule has 0 aliphatic carbocycles. The van der Waals surface area contributed by atoms with Crippen molar-refractivity contribution in [3.8, 4) is 5.75 Å². The van der Waals surface area contributed by atoms with Gasteiger partial charge in [-0.3, -0.25) is 9.80 Å². The predicted molar refractivity (Wildman–Crippen MR) is 91.5 cm³/mol. The summed E-state index contributed by atoms with van der Waals surface area (Å²) in [6.45, 7) is 5.74. The van der Waals surface area contributed by atoms with Crippen molar-refractivity contribution in [3.05, 3.63) is 29.8 Å². The zero-order chi connectivity index (χ0) is 16.4. The van der Waals surface area contributed by atoms with Gasteiger partial charge >= 0.3 is 0 Å². The Morgan fingerprint density at radius 3 is 2.48 bits per heavy atom. The largest absolute Gasteiger partial charge is 0.496 e. The molecule has 0 N–H and O–H groups in total. The number of nitrogens with zero attached hydrogens (tertiary/aromatic N) is 2. The highest BCUT2D eigenvalue weighted by Crippen LogP contribution is 2.29. The lowest BCUT2D eigenvalue weighted by Crippen LogP contribution is -2.58. The Labute approximate surface area is 139 Å². The van der Waals surface area contributed by atoms with Crippen LogP contribution in [0, 0.1) is 0 Å². The number of rotatable bonds is 5. The molecule has 23 heavy (non-hydrogen) atoms. The van der Waals surface area contributed by atoms with E-state index in [-0.39, 0.29) is 17.8 Å². The van der Waals surface area contributed by atoms with Gasteiger partial charge in [-0.05, 0) is 19.0 Å². The van der Waals surface area contributed by atoms with Gasteiger partial charge in [-0.15, -0.1) is 0 Å². The van der Waals surface area contributed by atoms with Crippen LogP contribution in [-0.2, 0) is 16.4 Å². The van der Waals surface area contributed by atoms with E-state index in [2.05, 4.69) is 22.8 Å². The molecule has 0 amide bonds. The highest BCUT2D eigenvalue weighted by atomic mass is 32.2. The maximum absolute atomic E-state index is 12.2. The molecule has 5 nitrogen and oxygen atoms in total. The van der Waals surface area contributed by atoms with Gasteiger partial charge < -0.3 is 4.74 Å². The fourth-order valence-corrected chi connectivity index (χ4v) is 5.95. The van der Waals surface area contributed by atoms with Crippen molar-refractivity contribution < 1.29 is 13.2 Å². The lowest BCUT2D eigenvalue weighted by Gasteiger charge is -2.44. The van der Waals surface area contributed by atoms with Crippen LogP contribution in [0.5, 0.6) is 5.75 Å². The fourth-order valence-electron chi connectivity index (χ4n) is 3.91. The summed E-state index contributed by atoms with van der Waals surface area (Å²) in [7, 11) is -1.25. The normalized spacial score (nSPS) is 27.7. The minimum atomic E-state index is -2.94. The van der Waals surface area contributed by atoms with Gasteiger partial charge in [0.15, 0.2) is 9.84 Å². The summed E-state index contributed by atoms with van der Waals surface area (Å²) in [5.74, 6) is 1.47. The van der Waals surface area contributed by atoms with Gasteiger partial charge in [0, 0.05) is 37.3 Å². The monoisotopic (exact) mass is 338 g/mol. The van der Waals surface area contributed by atoms with Crippen LogP contribution in [0.1, 0.15) is 18.9 Å². The minimum absolute atomic E-state index is 0.102. The molecule has 2 aliphatic heterocycles. The number of fused-ring (bicyclic) bond motifs is 1. The molecule has 0 spiro atoms. The second kappa shape index (κ2) is 6.79. The van der Waals surface area contributed by atoms with Crippen LogP contribution in [0.25, 0.3) is 0 Å². The van der Waals surface area contributed by atoms with E-state index in [4.69, 9.17) is 4.74 Å². The SMILES string of the molecule is CCCN1CCN(Cc2ccccc2OC)[C@H]2CS(=O)(=O)C[C@H]21. The zero-order valence-electron chi connectivity index (χ0n) is 13.9. The third kappa shape index (κ3) is 3.54. The van der Waals surface area contributed by atoms with Crippen molar-refractivity contribution in [2.24, 2.45) is 0 Å². The van der Waals surface area contributed by atoms with Crippen LogP contribution >= 0.6 is 0 Å². The Hall–Kier alpha value is -1.11. The van der Waals surface area contributed by atoms with Crippen LogP contribution in [0.15, 0.2) is 24.3 Å². The van der Waals surface area contributed by atoms with E-state index in [0.717, 1.165) is 43.9 Å². The Bertz CT molecular complexity index is 647. The Balaban J connectivity index is 1.81. The molecule has 0 unspecified atom stereocenters. The zero-order valence-corrected chi connectivity index (χ0v) is 14.8. The molecule has 0 aromatic heterocycles. The molecule has 1 aromatic carbocycles. The molecular weight excluding hydrogens is 312 g/mol. The first-order chi connectivity index (χ1) is 11.0. The minimum Gasteiger partial charge on any atom is -0.496 e. The number of hydrogen-bond acceptors (Lipinski definition) is 5. The van der Waals surface area contributed by atoms with Crippen LogP contribution in [0.2, 0.25) is 0 Å². The van der Waals surface area contributed by atoms with Crippen LogP contribution in [0.3, 0.4) is 0 Å². The van der Waals surface area contributed by atoms with Crippen molar-refractivity contribution in [1.82, 2.24) is 9.80 Å². The summed E-state index contributed by atoms with van der Waals surface area (Å²) in [6.07, 6.45) is 1.07. The van der Waals surface area contributed by atoms with Crippen LogP contribution < -0.4 is 4.74 Å². The molecule has 6 heteroatoms. The smallest absolute Gasteiger partial charge is 0.153 e. The maximum Gasteiger partial charge on any atom is 0.153 e. The molecular formula is C17H26N2O3S. The van der Waals surface area contributed by atoms with Gasteiger partial charge in [-0.1, -0.05) is 25.1 Å². The van der Waals surface area contributed by atoms with Crippen molar-refractivity contribution in [2.45, 2.75) is 32.0 Å². The maximum atomic E-state index is 12.2. The molecule has 2 aliphatic rings. The molecule has 3 rings (SSSR count). The average Bonchev–Trinajstić information content (AvgIpc) is 2.86. The summed E-state index contributed by atoms with van der Waals surface area (Å²) < 4.78 is 29.8. The van der Waals surface area contributed by atoms with E-state index in [1.54, 1.807) is 7.11 Å². The van der Waals surface area contributed by atoms with Crippen LogP contribution in [-0.4, -0.2) is 68.6 Å². The average molecular weight is 338 g/mol. The van der Waals surface area contributed by atoms with Gasteiger partial charge in [0.05, 0.1) is 18.6 Å². The first kappa shape index (κ1) is 16.7. The summed E-state index contributed by atoms with van der Waals surface area (Å²) in [5, 5.41) is 0. The predicted octanol–water partition coefficient (Wildman–Crippen LogP) is 1.39. The highest BCUT2D eigenvalue weighted by Gasteiger charge is 2.46. The molecule has 2 atom stereocenters. The number of hydrogen-bond donors (Lipinski definition) is 0.